The van der Waals surface area contributed by atoms with Gasteiger partial charge in [0, 0.05) is 47.7 Å². The maximum absolute atomic E-state index is 11.6. The zero-order valence-corrected chi connectivity index (χ0v) is 22.0. The largest absolute Gasteiger partial charge is 0.492 e. The van der Waals surface area contributed by atoms with Crippen molar-refractivity contribution < 1.29 is 18.3 Å². The van der Waals surface area contributed by atoms with Crippen molar-refractivity contribution in [1.29, 1.82) is 0 Å². The van der Waals surface area contributed by atoms with Crippen molar-refractivity contribution in [2.24, 2.45) is 0 Å². The number of aliphatic hydroxyl groups excluding tert-OH is 1. The van der Waals surface area contributed by atoms with E-state index in [0.29, 0.717) is 37.5 Å². The number of anilines is 1. The van der Waals surface area contributed by atoms with Crippen LogP contribution in [0.2, 0.25) is 0 Å². The Morgan fingerprint density at radius 1 is 0.895 bits per heavy atom. The summed E-state index contributed by atoms with van der Waals surface area (Å²) in [5, 5.41) is 13.4. The van der Waals surface area contributed by atoms with Crippen molar-refractivity contribution in [3.05, 3.63) is 108 Å². The van der Waals surface area contributed by atoms with Gasteiger partial charge in [-0.3, -0.25) is 9.62 Å². The lowest BCUT2D eigenvalue weighted by atomic mass is 10.1. The molecule has 8 heteroatoms. The SMILES string of the molecule is CS(=O)(=O)Nc1cccc(C(O)CN(CCOc2ccc3c(c2)[nH]c2ccccc23)Cc2ccccc2)c1. The van der Waals surface area contributed by atoms with Crippen molar-refractivity contribution in [1.82, 2.24) is 9.88 Å². The normalized spacial score (nSPS) is 12.7. The number of hydrogen-bond acceptors (Lipinski definition) is 5. The Balaban J connectivity index is 1.27. The molecule has 0 aliphatic carbocycles. The molecule has 0 bridgehead atoms. The van der Waals surface area contributed by atoms with E-state index >= 15 is 0 Å². The average molecular weight is 530 g/mol. The maximum atomic E-state index is 11.6. The fraction of sp³-hybridized carbons (Fsp3) is 0.200. The van der Waals surface area contributed by atoms with Gasteiger partial charge < -0.3 is 14.8 Å². The van der Waals surface area contributed by atoms with E-state index < -0.39 is 16.1 Å². The summed E-state index contributed by atoms with van der Waals surface area (Å²) in [4.78, 5) is 5.58. The minimum Gasteiger partial charge on any atom is -0.492 e. The van der Waals surface area contributed by atoms with Crippen LogP contribution in [0.3, 0.4) is 0 Å². The van der Waals surface area contributed by atoms with E-state index in [-0.39, 0.29) is 0 Å². The topological polar surface area (TPSA) is 94.7 Å². The number of nitrogens with zero attached hydrogens (tertiary/aromatic N) is 1. The van der Waals surface area contributed by atoms with Gasteiger partial charge in [0.05, 0.1) is 17.9 Å². The summed E-state index contributed by atoms with van der Waals surface area (Å²) in [6.07, 6.45) is 0.302. The minimum atomic E-state index is -3.40. The predicted octanol–water partition coefficient (Wildman–Crippen LogP) is 5.31. The van der Waals surface area contributed by atoms with Gasteiger partial charge in [-0.05, 0) is 41.5 Å². The number of rotatable bonds is 11. The lowest BCUT2D eigenvalue weighted by Gasteiger charge is -2.25. The van der Waals surface area contributed by atoms with Gasteiger partial charge in [-0.25, -0.2) is 8.42 Å². The first-order valence-electron chi connectivity index (χ1n) is 12.5. The number of nitrogens with one attached hydrogen (secondary N) is 2. The van der Waals surface area contributed by atoms with Gasteiger partial charge in [-0.15, -0.1) is 0 Å². The summed E-state index contributed by atoms with van der Waals surface area (Å²) in [7, 11) is -3.40. The van der Waals surface area contributed by atoms with E-state index in [0.717, 1.165) is 34.0 Å². The first-order chi connectivity index (χ1) is 18.3. The van der Waals surface area contributed by atoms with Crippen LogP contribution in [0.1, 0.15) is 17.2 Å². The number of fused-ring (bicyclic) bond motifs is 3. The van der Waals surface area contributed by atoms with Crippen LogP contribution in [-0.2, 0) is 16.6 Å². The summed E-state index contributed by atoms with van der Waals surface area (Å²) in [5.74, 6) is 0.781. The number of H-pyrrole nitrogens is 1. The van der Waals surface area contributed by atoms with Crippen LogP contribution in [0.4, 0.5) is 5.69 Å². The third-order valence-electron chi connectivity index (χ3n) is 6.41. The van der Waals surface area contributed by atoms with Gasteiger partial charge in [-0.2, -0.15) is 0 Å². The fourth-order valence-electron chi connectivity index (χ4n) is 4.67. The summed E-state index contributed by atoms with van der Waals surface area (Å²) >= 11 is 0. The number of sulfonamides is 1. The molecule has 0 saturated heterocycles. The average Bonchev–Trinajstić information content (AvgIpc) is 3.26. The van der Waals surface area contributed by atoms with Crippen LogP contribution in [-0.4, -0.2) is 49.4 Å². The Kier molecular flexibility index (Phi) is 7.64. The van der Waals surface area contributed by atoms with Gasteiger partial charge in [0.1, 0.15) is 12.4 Å². The molecule has 0 fully saturated rings. The molecule has 0 radical (unpaired) electrons. The quantitative estimate of drug-likeness (QED) is 0.216. The highest BCUT2D eigenvalue weighted by molar-refractivity contribution is 7.92. The number of hydrogen-bond donors (Lipinski definition) is 3. The molecule has 1 atom stereocenters. The van der Waals surface area contributed by atoms with E-state index in [1.165, 1.54) is 5.39 Å². The van der Waals surface area contributed by atoms with Crippen LogP contribution in [0.25, 0.3) is 21.8 Å². The van der Waals surface area contributed by atoms with Crippen molar-refractivity contribution in [2.75, 3.05) is 30.7 Å². The Morgan fingerprint density at radius 3 is 2.47 bits per heavy atom. The molecule has 0 aliphatic heterocycles. The zero-order valence-electron chi connectivity index (χ0n) is 21.2. The predicted molar refractivity (Wildman–Crippen MR) is 153 cm³/mol. The van der Waals surface area contributed by atoms with Gasteiger partial charge in [0.2, 0.25) is 10.0 Å². The Labute approximate surface area is 222 Å². The number of aliphatic hydroxyl groups is 1. The molecular weight excluding hydrogens is 498 g/mol. The molecule has 1 unspecified atom stereocenters. The fourth-order valence-corrected chi connectivity index (χ4v) is 5.22. The standard InChI is InChI=1S/C30H31N3O4S/c1-38(35,36)32-24-11-7-10-23(18-24)30(34)21-33(20-22-8-3-2-4-9-22)16-17-37-25-14-15-27-26-12-5-6-13-28(26)31-29(27)19-25/h2-15,18-19,30-32,34H,16-17,20-21H2,1H3. The first-order valence-corrected chi connectivity index (χ1v) is 14.4. The van der Waals surface area contributed by atoms with Crippen molar-refractivity contribution in [3.8, 4) is 5.75 Å². The highest BCUT2D eigenvalue weighted by Gasteiger charge is 2.16. The molecule has 0 amide bonds. The Hall–Kier alpha value is -3.85. The molecular formula is C30H31N3O4S. The lowest BCUT2D eigenvalue weighted by Crippen LogP contribution is -2.32. The number of benzene rings is 4. The molecule has 0 spiro atoms. The van der Waals surface area contributed by atoms with E-state index in [1.807, 2.05) is 42.5 Å². The highest BCUT2D eigenvalue weighted by Crippen LogP contribution is 2.28. The summed E-state index contributed by atoms with van der Waals surface area (Å²) in [6.45, 7) is 2.05. The number of para-hydroxylation sites is 1. The number of aromatic nitrogens is 1. The third kappa shape index (κ3) is 6.52. The molecule has 5 aromatic rings. The summed E-state index contributed by atoms with van der Waals surface area (Å²) in [5.41, 5.74) is 4.32. The monoisotopic (exact) mass is 529 g/mol. The molecule has 38 heavy (non-hydrogen) atoms. The van der Waals surface area contributed by atoms with Crippen LogP contribution in [0, 0.1) is 0 Å². The number of aromatic amines is 1. The molecule has 0 aliphatic rings. The van der Waals surface area contributed by atoms with Crippen LogP contribution >= 0.6 is 0 Å². The van der Waals surface area contributed by atoms with Crippen molar-refractivity contribution >= 4 is 37.5 Å². The second-order valence-corrected chi connectivity index (χ2v) is 11.2. The van der Waals surface area contributed by atoms with E-state index in [2.05, 4.69) is 44.9 Å². The smallest absolute Gasteiger partial charge is 0.229 e. The van der Waals surface area contributed by atoms with Crippen LogP contribution < -0.4 is 9.46 Å². The number of ether oxygens (including phenoxy) is 1. The van der Waals surface area contributed by atoms with E-state index in [9.17, 15) is 13.5 Å². The van der Waals surface area contributed by atoms with Crippen molar-refractivity contribution in [2.45, 2.75) is 12.6 Å². The van der Waals surface area contributed by atoms with Crippen LogP contribution in [0.5, 0.6) is 5.75 Å². The minimum absolute atomic E-state index is 0.363. The Morgan fingerprint density at radius 2 is 1.66 bits per heavy atom. The molecule has 3 N–H and O–H groups in total. The summed E-state index contributed by atoms with van der Waals surface area (Å²) < 4.78 is 31.8. The first kappa shape index (κ1) is 25.8. The van der Waals surface area contributed by atoms with Crippen LogP contribution in [0.15, 0.2) is 97.1 Å². The molecule has 1 heterocycles. The molecule has 7 nitrogen and oxygen atoms in total. The van der Waals surface area contributed by atoms with E-state index in [1.54, 1.807) is 24.3 Å². The van der Waals surface area contributed by atoms with Gasteiger partial charge in [0.15, 0.2) is 0 Å². The highest BCUT2D eigenvalue weighted by atomic mass is 32.2. The maximum Gasteiger partial charge on any atom is 0.229 e. The summed E-state index contributed by atoms with van der Waals surface area (Å²) in [6, 6.07) is 31.2. The molecule has 1 aromatic heterocycles. The van der Waals surface area contributed by atoms with E-state index in [4.69, 9.17) is 4.74 Å². The molecule has 4 aromatic carbocycles. The molecule has 0 saturated carbocycles. The Bertz CT molecular complexity index is 1630. The third-order valence-corrected chi connectivity index (χ3v) is 7.02. The second-order valence-electron chi connectivity index (χ2n) is 9.46. The molecule has 196 valence electrons. The van der Waals surface area contributed by atoms with Gasteiger partial charge in [-0.1, -0.05) is 60.7 Å². The second kappa shape index (κ2) is 11.3. The van der Waals surface area contributed by atoms with Gasteiger partial charge in [0.25, 0.3) is 0 Å². The molecule has 5 rings (SSSR count). The van der Waals surface area contributed by atoms with Crippen molar-refractivity contribution in [3.63, 3.8) is 0 Å². The zero-order chi connectivity index (χ0) is 26.5. The van der Waals surface area contributed by atoms with Gasteiger partial charge >= 0.3 is 0 Å². The lowest BCUT2D eigenvalue weighted by molar-refractivity contribution is 0.0986.